The standard InChI is InChI=1S/C46H61N3O7/c1-6-10-12-34(8-3)30-55-28-26-45(52,32-50)39-20-14-36(15-21-39)42-47-43(49-44(48-42)38-18-24-41(54-5)25-19-38)37-16-22-40(23-17-37)46(53,33-51)27-29-56-31-35(9-4)13-11-7-2/h14-25,32-35,52-53H,6-13,26-31H2,1-5H3. The van der Waals surface area contributed by atoms with Crippen LogP contribution < -0.4 is 4.74 Å². The number of carbonyl (C=O) groups is 2. The van der Waals surface area contributed by atoms with E-state index in [1.54, 1.807) is 55.6 Å². The van der Waals surface area contributed by atoms with Crippen molar-refractivity contribution in [3.8, 4) is 39.9 Å². The molecule has 4 rings (SSSR count). The Morgan fingerprint density at radius 2 is 0.946 bits per heavy atom. The van der Waals surface area contributed by atoms with Crippen LogP contribution >= 0.6 is 0 Å². The lowest BCUT2D eigenvalue weighted by Gasteiger charge is -2.23. The third kappa shape index (κ3) is 12.3. The molecule has 4 aromatic rings. The molecule has 0 aliphatic heterocycles. The Bertz CT molecular complexity index is 1660. The van der Waals surface area contributed by atoms with Crippen molar-refractivity contribution in [1.82, 2.24) is 15.0 Å². The number of benzene rings is 3. The van der Waals surface area contributed by atoms with Crippen LogP contribution in [0.5, 0.6) is 5.75 Å². The summed E-state index contributed by atoms with van der Waals surface area (Å²) in [6, 6.07) is 21.4. The number of aromatic nitrogens is 3. The molecule has 0 aliphatic rings. The first-order valence-corrected chi connectivity index (χ1v) is 20.3. The minimum Gasteiger partial charge on any atom is -0.497 e. The SMILES string of the molecule is CCCCC(CC)COCCC(O)(C=O)c1ccc(-c2nc(-c3ccc(OC)cc3)nc(-c3ccc(C(O)(C=O)CCOCC(CC)CCCC)cc3)n2)cc1. The highest BCUT2D eigenvalue weighted by atomic mass is 16.5. The highest BCUT2D eigenvalue weighted by molar-refractivity contribution is 5.70. The molecule has 0 spiro atoms. The summed E-state index contributed by atoms with van der Waals surface area (Å²) in [4.78, 5) is 38.8. The first kappa shape index (κ1) is 44.4. The van der Waals surface area contributed by atoms with Gasteiger partial charge in [0.25, 0.3) is 0 Å². The van der Waals surface area contributed by atoms with Gasteiger partial charge >= 0.3 is 0 Å². The Kier molecular flexibility index (Phi) is 17.8. The van der Waals surface area contributed by atoms with E-state index in [4.69, 9.17) is 29.2 Å². The van der Waals surface area contributed by atoms with Gasteiger partial charge in [-0.05, 0) is 60.1 Å². The second kappa shape index (κ2) is 22.4. The smallest absolute Gasteiger partial charge is 0.164 e. The van der Waals surface area contributed by atoms with E-state index in [0.29, 0.717) is 83.1 Å². The number of hydrogen-bond acceptors (Lipinski definition) is 10. The summed E-state index contributed by atoms with van der Waals surface area (Å²) in [5.41, 5.74) is -0.441. The van der Waals surface area contributed by atoms with Crippen LogP contribution in [0.2, 0.25) is 0 Å². The molecule has 10 heteroatoms. The van der Waals surface area contributed by atoms with Crippen molar-refractivity contribution in [2.45, 2.75) is 103 Å². The van der Waals surface area contributed by atoms with E-state index in [9.17, 15) is 19.8 Å². The van der Waals surface area contributed by atoms with E-state index in [2.05, 4.69) is 27.7 Å². The van der Waals surface area contributed by atoms with Crippen molar-refractivity contribution in [3.05, 3.63) is 83.9 Å². The lowest BCUT2D eigenvalue weighted by Crippen LogP contribution is -2.29. The van der Waals surface area contributed by atoms with Gasteiger partial charge < -0.3 is 24.4 Å². The molecule has 302 valence electrons. The highest BCUT2D eigenvalue weighted by Gasteiger charge is 2.30. The lowest BCUT2D eigenvalue weighted by atomic mass is 9.91. The zero-order valence-electron chi connectivity index (χ0n) is 33.9. The quantitative estimate of drug-likeness (QED) is 0.0470. The zero-order valence-corrected chi connectivity index (χ0v) is 33.9. The summed E-state index contributed by atoms with van der Waals surface area (Å²) in [5, 5.41) is 22.6. The van der Waals surface area contributed by atoms with Crippen molar-refractivity contribution < 1.29 is 34.0 Å². The minimum absolute atomic E-state index is 0.137. The van der Waals surface area contributed by atoms with Gasteiger partial charge in [-0.1, -0.05) is 115 Å². The van der Waals surface area contributed by atoms with Crippen LogP contribution in [0.25, 0.3) is 34.2 Å². The van der Waals surface area contributed by atoms with Gasteiger partial charge in [0.05, 0.1) is 20.3 Å². The van der Waals surface area contributed by atoms with E-state index in [-0.39, 0.29) is 26.1 Å². The molecule has 0 saturated carbocycles. The predicted molar refractivity (Wildman–Crippen MR) is 220 cm³/mol. The maximum atomic E-state index is 12.2. The van der Waals surface area contributed by atoms with Crippen LogP contribution in [0, 0.1) is 11.8 Å². The van der Waals surface area contributed by atoms with Gasteiger partial charge in [-0.15, -0.1) is 0 Å². The van der Waals surface area contributed by atoms with Crippen LogP contribution in [0.1, 0.15) is 103 Å². The Morgan fingerprint density at radius 3 is 1.25 bits per heavy atom. The molecule has 56 heavy (non-hydrogen) atoms. The first-order chi connectivity index (χ1) is 27.1. The fourth-order valence-corrected chi connectivity index (χ4v) is 6.61. The van der Waals surface area contributed by atoms with E-state index in [1.807, 2.05) is 24.3 Å². The molecule has 1 heterocycles. The third-order valence-corrected chi connectivity index (χ3v) is 10.7. The Balaban J connectivity index is 1.56. The van der Waals surface area contributed by atoms with E-state index in [0.717, 1.165) is 56.9 Å². The molecule has 3 aromatic carbocycles. The number of aldehydes is 2. The van der Waals surface area contributed by atoms with Gasteiger partial charge in [0.2, 0.25) is 0 Å². The molecule has 4 unspecified atom stereocenters. The number of aliphatic hydroxyl groups is 2. The van der Waals surface area contributed by atoms with Crippen molar-refractivity contribution in [3.63, 3.8) is 0 Å². The lowest BCUT2D eigenvalue weighted by molar-refractivity contribution is -0.127. The number of carbonyl (C=O) groups excluding carboxylic acids is 2. The van der Waals surface area contributed by atoms with Gasteiger partial charge in [-0.25, -0.2) is 15.0 Å². The fourth-order valence-electron chi connectivity index (χ4n) is 6.61. The number of unbranched alkanes of at least 4 members (excludes halogenated alkanes) is 2. The number of hydrogen-bond donors (Lipinski definition) is 2. The molecule has 0 fully saturated rings. The zero-order chi connectivity index (χ0) is 40.4. The van der Waals surface area contributed by atoms with Crippen molar-refractivity contribution in [2.24, 2.45) is 11.8 Å². The molecular formula is C46H61N3O7. The molecule has 1 aromatic heterocycles. The Morgan fingerprint density at radius 1 is 0.589 bits per heavy atom. The van der Waals surface area contributed by atoms with E-state index in [1.165, 1.54) is 0 Å². The third-order valence-electron chi connectivity index (χ3n) is 10.7. The molecule has 2 N–H and O–H groups in total. The van der Waals surface area contributed by atoms with Gasteiger partial charge in [0, 0.05) is 42.7 Å². The molecule has 10 nitrogen and oxygen atoms in total. The maximum absolute atomic E-state index is 12.2. The largest absolute Gasteiger partial charge is 0.497 e. The first-order valence-electron chi connectivity index (χ1n) is 20.3. The van der Waals surface area contributed by atoms with Crippen molar-refractivity contribution in [2.75, 3.05) is 33.5 Å². The molecule has 0 radical (unpaired) electrons. The Hall–Kier alpha value is -4.35. The van der Waals surface area contributed by atoms with Crippen LogP contribution in [0.4, 0.5) is 0 Å². The van der Waals surface area contributed by atoms with Crippen LogP contribution in [-0.4, -0.2) is 71.3 Å². The summed E-state index contributed by atoms with van der Waals surface area (Å²) in [7, 11) is 1.60. The second-order valence-electron chi connectivity index (χ2n) is 14.8. The van der Waals surface area contributed by atoms with Gasteiger partial charge in [-0.3, -0.25) is 9.59 Å². The summed E-state index contributed by atoms with van der Waals surface area (Å²) < 4.78 is 17.2. The topological polar surface area (TPSA) is 141 Å². The summed E-state index contributed by atoms with van der Waals surface area (Å²) >= 11 is 0. The average molecular weight is 768 g/mol. The molecule has 0 bridgehead atoms. The van der Waals surface area contributed by atoms with Gasteiger partial charge in [0.15, 0.2) is 30.0 Å². The average Bonchev–Trinajstić information content (AvgIpc) is 3.25. The van der Waals surface area contributed by atoms with Gasteiger partial charge in [0.1, 0.15) is 17.0 Å². The number of nitrogens with zero attached hydrogens (tertiary/aromatic N) is 3. The monoisotopic (exact) mass is 767 g/mol. The van der Waals surface area contributed by atoms with E-state index < -0.39 is 11.2 Å². The number of methoxy groups -OCH3 is 1. The molecule has 4 atom stereocenters. The van der Waals surface area contributed by atoms with E-state index >= 15 is 0 Å². The van der Waals surface area contributed by atoms with Crippen molar-refractivity contribution in [1.29, 1.82) is 0 Å². The molecule has 0 amide bonds. The maximum Gasteiger partial charge on any atom is 0.164 e. The summed E-state index contributed by atoms with van der Waals surface area (Å²) in [6.07, 6.45) is 10.3. The molecular weight excluding hydrogens is 707 g/mol. The fraction of sp³-hybridized carbons (Fsp3) is 0.500. The second-order valence-corrected chi connectivity index (χ2v) is 14.8. The van der Waals surface area contributed by atoms with Gasteiger partial charge in [-0.2, -0.15) is 0 Å². The molecule has 0 aliphatic carbocycles. The minimum atomic E-state index is -1.70. The summed E-state index contributed by atoms with van der Waals surface area (Å²) in [6.45, 7) is 10.4. The van der Waals surface area contributed by atoms with Crippen LogP contribution in [-0.2, 0) is 30.3 Å². The number of rotatable bonds is 26. The van der Waals surface area contributed by atoms with Crippen molar-refractivity contribution >= 4 is 12.6 Å². The highest BCUT2D eigenvalue weighted by Crippen LogP contribution is 2.31. The predicted octanol–water partition coefficient (Wildman–Crippen LogP) is 8.90. The molecule has 0 saturated heterocycles. The Labute approximate surface area is 333 Å². The van der Waals surface area contributed by atoms with Crippen LogP contribution in [0.15, 0.2) is 72.8 Å². The van der Waals surface area contributed by atoms with Crippen LogP contribution in [0.3, 0.4) is 0 Å². The summed E-state index contributed by atoms with van der Waals surface area (Å²) in [5.74, 6) is 2.83. The normalized spacial score (nSPS) is 14.7. The number of ether oxygens (including phenoxy) is 3.